The molecule has 0 spiro atoms. The standard InChI is InChI=1S/C32H40INO5Si/c1-31(2,3)39-30(37)34-27(29(35)36)22-23-17-18-28(26(33)21-23)38-19-20-40(32(4,5)6,24-13-9-7-10-14-24)25-15-11-8-12-16-25/h7-18,21,27H,19-20,22H2,1-6H3,(H,34,37)(H,35,36)/t27-/m0/s1. The van der Waals surface area contributed by atoms with E-state index in [1.54, 1.807) is 20.8 Å². The summed E-state index contributed by atoms with van der Waals surface area (Å²) in [4.78, 5) is 24.0. The minimum Gasteiger partial charge on any atom is -0.493 e. The molecule has 0 aromatic heterocycles. The van der Waals surface area contributed by atoms with Crippen LogP contribution in [0.3, 0.4) is 0 Å². The minimum atomic E-state index is -2.24. The largest absolute Gasteiger partial charge is 0.493 e. The fourth-order valence-corrected chi connectivity index (χ4v) is 11.2. The maximum Gasteiger partial charge on any atom is 0.408 e. The van der Waals surface area contributed by atoms with Gasteiger partial charge in [0, 0.05) is 6.42 Å². The van der Waals surface area contributed by atoms with Gasteiger partial charge in [-0.1, -0.05) is 97.9 Å². The van der Waals surface area contributed by atoms with E-state index in [4.69, 9.17) is 9.47 Å². The lowest BCUT2D eigenvalue weighted by Crippen LogP contribution is -2.64. The third kappa shape index (κ3) is 8.10. The summed E-state index contributed by atoms with van der Waals surface area (Å²) in [5.74, 6) is -0.360. The molecule has 0 fully saturated rings. The van der Waals surface area contributed by atoms with Crippen molar-refractivity contribution in [2.24, 2.45) is 0 Å². The van der Waals surface area contributed by atoms with Crippen molar-refractivity contribution >= 4 is 53.1 Å². The number of carbonyl (C=O) groups is 2. The highest BCUT2D eigenvalue weighted by Crippen LogP contribution is 2.38. The van der Waals surface area contributed by atoms with E-state index in [-0.39, 0.29) is 11.5 Å². The first-order valence-electron chi connectivity index (χ1n) is 13.5. The van der Waals surface area contributed by atoms with Gasteiger partial charge in [-0.05, 0) is 72.1 Å². The molecule has 8 heteroatoms. The smallest absolute Gasteiger partial charge is 0.408 e. The van der Waals surface area contributed by atoms with Crippen molar-refractivity contribution in [1.82, 2.24) is 5.32 Å². The number of alkyl carbamates (subject to hydrolysis) is 1. The van der Waals surface area contributed by atoms with E-state index in [0.29, 0.717) is 6.61 Å². The van der Waals surface area contributed by atoms with Gasteiger partial charge in [-0.15, -0.1) is 0 Å². The molecule has 40 heavy (non-hydrogen) atoms. The molecule has 3 aromatic rings. The molecular formula is C32H40INO5Si. The Hall–Kier alpha value is -2.85. The molecule has 0 heterocycles. The van der Waals surface area contributed by atoms with Crippen molar-refractivity contribution in [2.75, 3.05) is 6.61 Å². The first-order valence-corrected chi connectivity index (χ1v) is 16.8. The van der Waals surface area contributed by atoms with Crippen LogP contribution in [-0.2, 0) is 16.0 Å². The van der Waals surface area contributed by atoms with Crippen molar-refractivity contribution in [3.63, 3.8) is 0 Å². The van der Waals surface area contributed by atoms with Gasteiger partial charge in [0.05, 0.1) is 10.2 Å². The molecule has 3 aromatic carbocycles. The van der Waals surface area contributed by atoms with Gasteiger partial charge in [-0.25, -0.2) is 9.59 Å². The minimum absolute atomic E-state index is 0.0447. The second-order valence-electron chi connectivity index (χ2n) is 12.0. The van der Waals surface area contributed by atoms with Crippen molar-refractivity contribution in [1.29, 1.82) is 0 Å². The molecule has 1 atom stereocenters. The highest BCUT2D eigenvalue weighted by molar-refractivity contribution is 14.1. The van der Waals surface area contributed by atoms with Crippen LogP contribution >= 0.6 is 22.6 Å². The van der Waals surface area contributed by atoms with Crippen molar-refractivity contribution in [2.45, 2.75) is 70.7 Å². The van der Waals surface area contributed by atoms with Gasteiger partial charge < -0.3 is 19.9 Å². The molecule has 3 rings (SSSR count). The SMILES string of the molecule is CC(C)(C)OC(=O)N[C@@H](Cc1ccc(OCC[Si](c2ccccc2)(c2ccccc2)C(C)(C)C)c(I)c1)C(=O)O. The summed E-state index contributed by atoms with van der Waals surface area (Å²) in [6.45, 7) is 12.8. The number of aliphatic carboxylic acids is 1. The Labute approximate surface area is 252 Å². The van der Waals surface area contributed by atoms with E-state index >= 15 is 0 Å². The number of hydrogen-bond donors (Lipinski definition) is 2. The fraction of sp³-hybridized carbons (Fsp3) is 0.375. The highest BCUT2D eigenvalue weighted by atomic mass is 127. The summed E-state index contributed by atoms with van der Waals surface area (Å²) in [5.41, 5.74) is 0.0721. The number of hydrogen-bond acceptors (Lipinski definition) is 4. The summed E-state index contributed by atoms with van der Waals surface area (Å²) in [6, 6.07) is 27.1. The number of amides is 1. The van der Waals surface area contributed by atoms with Gasteiger partial charge in [0.2, 0.25) is 0 Å². The second-order valence-corrected chi connectivity index (χ2v) is 18.1. The topological polar surface area (TPSA) is 84.9 Å². The molecule has 214 valence electrons. The third-order valence-corrected chi connectivity index (χ3v) is 14.0. The van der Waals surface area contributed by atoms with Crippen LogP contribution < -0.4 is 20.4 Å². The summed E-state index contributed by atoms with van der Waals surface area (Å²) in [5, 5.41) is 14.9. The molecule has 0 unspecified atom stereocenters. The van der Waals surface area contributed by atoms with Gasteiger partial charge in [-0.2, -0.15) is 0 Å². The van der Waals surface area contributed by atoms with Gasteiger partial charge in [-0.3, -0.25) is 0 Å². The number of carbonyl (C=O) groups excluding carboxylic acids is 1. The molecule has 0 aliphatic rings. The molecule has 0 saturated carbocycles. The third-order valence-electron chi connectivity index (χ3n) is 6.97. The lowest BCUT2D eigenvalue weighted by Gasteiger charge is -2.44. The van der Waals surface area contributed by atoms with E-state index < -0.39 is 31.8 Å². The maximum atomic E-state index is 12.1. The summed E-state index contributed by atoms with van der Waals surface area (Å²) >= 11 is 2.22. The van der Waals surface area contributed by atoms with Gasteiger partial charge in [0.25, 0.3) is 0 Å². The first-order chi connectivity index (χ1) is 18.7. The average molecular weight is 674 g/mol. The molecule has 6 nitrogen and oxygen atoms in total. The summed E-state index contributed by atoms with van der Waals surface area (Å²) in [6.07, 6.45) is -0.620. The molecule has 0 aliphatic carbocycles. The molecule has 0 aliphatic heterocycles. The van der Waals surface area contributed by atoms with Crippen LogP contribution in [0, 0.1) is 3.57 Å². The molecule has 0 radical (unpaired) electrons. The van der Waals surface area contributed by atoms with E-state index in [2.05, 4.69) is 109 Å². The number of halogens is 1. The fourth-order valence-electron chi connectivity index (χ4n) is 5.13. The van der Waals surface area contributed by atoms with Crippen LogP contribution in [0.1, 0.15) is 47.1 Å². The monoisotopic (exact) mass is 673 g/mol. The Morgan fingerprint density at radius 3 is 1.90 bits per heavy atom. The molecule has 2 N–H and O–H groups in total. The van der Waals surface area contributed by atoms with Gasteiger partial charge in [0.1, 0.15) is 25.5 Å². The number of benzene rings is 3. The van der Waals surface area contributed by atoms with Gasteiger partial charge >= 0.3 is 12.1 Å². The van der Waals surface area contributed by atoms with E-state index in [1.807, 2.05) is 18.2 Å². The molecule has 1 amide bonds. The number of nitrogens with one attached hydrogen (secondary N) is 1. The molecular weight excluding hydrogens is 633 g/mol. The Morgan fingerprint density at radius 1 is 0.900 bits per heavy atom. The highest BCUT2D eigenvalue weighted by Gasteiger charge is 2.47. The predicted octanol–water partition coefficient (Wildman–Crippen LogP) is 6.25. The zero-order valence-corrected chi connectivity index (χ0v) is 27.3. The van der Waals surface area contributed by atoms with Crippen LogP contribution in [-0.4, -0.2) is 43.5 Å². The van der Waals surface area contributed by atoms with Gasteiger partial charge in [0.15, 0.2) is 0 Å². The lowest BCUT2D eigenvalue weighted by atomic mass is 10.1. The average Bonchev–Trinajstić information content (AvgIpc) is 2.86. The van der Waals surface area contributed by atoms with Crippen molar-refractivity contribution in [3.8, 4) is 5.75 Å². The maximum absolute atomic E-state index is 12.1. The zero-order chi connectivity index (χ0) is 29.6. The van der Waals surface area contributed by atoms with Crippen LogP contribution in [0.25, 0.3) is 0 Å². The van der Waals surface area contributed by atoms with E-state index in [0.717, 1.165) is 20.9 Å². The number of carboxylic acids is 1. The second kappa shape index (κ2) is 13.2. The van der Waals surface area contributed by atoms with Crippen LogP contribution in [0.5, 0.6) is 5.75 Å². The van der Waals surface area contributed by atoms with E-state index in [9.17, 15) is 14.7 Å². The predicted molar refractivity (Wildman–Crippen MR) is 172 cm³/mol. The van der Waals surface area contributed by atoms with Crippen LogP contribution in [0.4, 0.5) is 4.79 Å². The lowest BCUT2D eigenvalue weighted by molar-refractivity contribution is -0.139. The summed E-state index contributed by atoms with van der Waals surface area (Å²) < 4.78 is 12.5. The normalized spacial score (nSPS) is 12.9. The quantitative estimate of drug-likeness (QED) is 0.196. The number of carboxylic acid groups (broad SMARTS) is 1. The zero-order valence-electron chi connectivity index (χ0n) is 24.2. The Kier molecular flexibility index (Phi) is 10.5. The molecule has 0 saturated heterocycles. The number of rotatable bonds is 10. The van der Waals surface area contributed by atoms with Crippen molar-refractivity contribution < 1.29 is 24.2 Å². The summed E-state index contributed by atoms with van der Waals surface area (Å²) in [7, 11) is -2.24. The number of ether oxygens (including phenoxy) is 2. The first kappa shape index (κ1) is 31.7. The van der Waals surface area contributed by atoms with E-state index in [1.165, 1.54) is 10.4 Å². The van der Waals surface area contributed by atoms with Crippen molar-refractivity contribution in [3.05, 3.63) is 88.0 Å². The Bertz CT molecular complexity index is 1250. The molecule has 0 bridgehead atoms. The van der Waals surface area contributed by atoms with Crippen LogP contribution in [0.15, 0.2) is 78.9 Å². The Morgan fingerprint density at radius 2 is 1.45 bits per heavy atom. The van der Waals surface area contributed by atoms with Crippen LogP contribution in [0.2, 0.25) is 11.1 Å². The Balaban J connectivity index is 1.78.